The van der Waals surface area contributed by atoms with E-state index in [2.05, 4.69) is 5.32 Å². The first-order valence-corrected chi connectivity index (χ1v) is 5.35. The second-order valence-corrected chi connectivity index (χ2v) is 4.47. The van der Waals surface area contributed by atoms with E-state index in [9.17, 15) is 4.79 Å². The maximum absolute atomic E-state index is 12.0. The van der Waals surface area contributed by atoms with Crippen molar-refractivity contribution in [1.29, 1.82) is 5.26 Å². The predicted molar refractivity (Wildman–Crippen MR) is 65.2 cm³/mol. The molecule has 0 aliphatic heterocycles. The molecule has 1 rings (SSSR count). The van der Waals surface area contributed by atoms with Crippen molar-refractivity contribution in [2.75, 3.05) is 7.11 Å². The highest BCUT2D eigenvalue weighted by Gasteiger charge is 2.22. The maximum Gasteiger partial charge on any atom is 0.256 e. The molecule has 17 heavy (non-hydrogen) atoms. The van der Waals surface area contributed by atoms with Gasteiger partial charge in [0.25, 0.3) is 5.91 Å². The van der Waals surface area contributed by atoms with Gasteiger partial charge in [0.2, 0.25) is 0 Å². The summed E-state index contributed by atoms with van der Waals surface area (Å²) in [6, 6.07) is 6.73. The van der Waals surface area contributed by atoms with Crippen molar-refractivity contribution in [2.45, 2.75) is 19.4 Å². The fraction of sp³-hybridized carbons (Fsp3) is 0.333. The van der Waals surface area contributed by atoms with Gasteiger partial charge in [0.15, 0.2) is 0 Å². The lowest BCUT2D eigenvalue weighted by Gasteiger charge is -2.18. The molecule has 1 aromatic rings. The first kappa shape index (κ1) is 13.3. The molecular formula is C12H13ClN2O2. The molecule has 0 aromatic heterocycles. The Balaban J connectivity index is 3.04. The number of ether oxygens (including phenoxy) is 1. The minimum Gasteiger partial charge on any atom is -0.496 e. The van der Waals surface area contributed by atoms with Crippen LogP contribution in [0.15, 0.2) is 18.2 Å². The standard InChI is InChI=1S/C12H13ClN2O2/c1-12(2,7-14)15-11(16)9-6-8(13)4-5-10(9)17-3/h4-6H,1-3H3,(H,15,16). The molecule has 0 aliphatic rings. The van der Waals surface area contributed by atoms with Crippen LogP contribution in [0.4, 0.5) is 0 Å². The van der Waals surface area contributed by atoms with Gasteiger partial charge in [-0.2, -0.15) is 5.26 Å². The molecule has 0 bridgehead atoms. The van der Waals surface area contributed by atoms with Crippen LogP contribution in [0, 0.1) is 11.3 Å². The van der Waals surface area contributed by atoms with Gasteiger partial charge < -0.3 is 10.1 Å². The lowest BCUT2D eigenvalue weighted by molar-refractivity contribution is 0.0926. The maximum atomic E-state index is 12.0. The van der Waals surface area contributed by atoms with Gasteiger partial charge in [-0.05, 0) is 32.0 Å². The van der Waals surface area contributed by atoms with Crippen LogP contribution in [0.3, 0.4) is 0 Å². The van der Waals surface area contributed by atoms with Crippen LogP contribution in [-0.4, -0.2) is 18.6 Å². The zero-order chi connectivity index (χ0) is 13.1. The third-order valence-corrected chi connectivity index (χ3v) is 2.35. The molecule has 0 saturated heterocycles. The van der Waals surface area contributed by atoms with Crippen LogP contribution >= 0.6 is 11.6 Å². The van der Waals surface area contributed by atoms with Crippen LogP contribution in [0.1, 0.15) is 24.2 Å². The number of nitriles is 1. The molecule has 0 spiro atoms. The fourth-order valence-electron chi connectivity index (χ4n) is 1.24. The molecule has 4 nitrogen and oxygen atoms in total. The Morgan fingerprint density at radius 1 is 1.53 bits per heavy atom. The van der Waals surface area contributed by atoms with Gasteiger partial charge in [-0.25, -0.2) is 0 Å². The summed E-state index contributed by atoms with van der Waals surface area (Å²) in [6.07, 6.45) is 0. The van der Waals surface area contributed by atoms with Crippen molar-refractivity contribution in [2.24, 2.45) is 0 Å². The molecule has 0 aliphatic carbocycles. The summed E-state index contributed by atoms with van der Waals surface area (Å²) in [5.74, 6) is 0.0246. The normalized spacial score (nSPS) is 10.5. The van der Waals surface area contributed by atoms with E-state index in [0.29, 0.717) is 16.3 Å². The number of carbonyl (C=O) groups is 1. The third-order valence-electron chi connectivity index (χ3n) is 2.11. The first-order valence-electron chi connectivity index (χ1n) is 4.97. The lowest BCUT2D eigenvalue weighted by Crippen LogP contribution is -2.42. The summed E-state index contributed by atoms with van der Waals surface area (Å²) >= 11 is 5.82. The van der Waals surface area contributed by atoms with Gasteiger partial charge in [-0.3, -0.25) is 4.79 Å². The molecule has 90 valence electrons. The van der Waals surface area contributed by atoms with Crippen molar-refractivity contribution in [3.05, 3.63) is 28.8 Å². The summed E-state index contributed by atoms with van der Waals surface area (Å²) in [7, 11) is 1.47. The molecule has 0 saturated carbocycles. The summed E-state index contributed by atoms with van der Waals surface area (Å²) in [6.45, 7) is 3.23. The Labute approximate surface area is 105 Å². The number of carbonyl (C=O) groups excluding carboxylic acids is 1. The summed E-state index contributed by atoms with van der Waals surface area (Å²) in [4.78, 5) is 12.0. The topological polar surface area (TPSA) is 62.1 Å². The van der Waals surface area contributed by atoms with E-state index in [1.165, 1.54) is 13.2 Å². The predicted octanol–water partition coefficient (Wildman–Crippen LogP) is 2.38. The minimum absolute atomic E-state index is 0.309. The Kier molecular flexibility index (Phi) is 3.97. The van der Waals surface area contributed by atoms with Gasteiger partial charge in [-0.1, -0.05) is 11.6 Å². The van der Waals surface area contributed by atoms with Gasteiger partial charge in [0.1, 0.15) is 11.3 Å². The number of amides is 1. The molecule has 5 heteroatoms. The van der Waals surface area contributed by atoms with Crippen LogP contribution in [0.25, 0.3) is 0 Å². The number of hydrogen-bond donors (Lipinski definition) is 1. The number of benzene rings is 1. The molecule has 0 unspecified atom stereocenters. The third kappa shape index (κ3) is 3.36. The Hall–Kier alpha value is -1.73. The fourth-order valence-corrected chi connectivity index (χ4v) is 1.41. The van der Waals surface area contributed by atoms with Crippen molar-refractivity contribution >= 4 is 17.5 Å². The smallest absolute Gasteiger partial charge is 0.256 e. The minimum atomic E-state index is -0.940. The number of nitrogens with zero attached hydrogens (tertiary/aromatic N) is 1. The SMILES string of the molecule is COc1ccc(Cl)cc1C(=O)NC(C)(C)C#N. The van der Waals surface area contributed by atoms with Crippen LogP contribution in [0.5, 0.6) is 5.75 Å². The average Bonchev–Trinajstić information content (AvgIpc) is 2.28. The first-order chi connectivity index (χ1) is 7.89. The van der Waals surface area contributed by atoms with Gasteiger partial charge in [0, 0.05) is 5.02 Å². The Bertz CT molecular complexity index is 478. The van der Waals surface area contributed by atoms with Crippen LogP contribution in [0.2, 0.25) is 5.02 Å². The Morgan fingerprint density at radius 3 is 2.71 bits per heavy atom. The number of hydrogen-bond acceptors (Lipinski definition) is 3. The molecule has 1 amide bonds. The zero-order valence-corrected chi connectivity index (χ0v) is 10.6. The van der Waals surface area contributed by atoms with Crippen LogP contribution in [-0.2, 0) is 0 Å². The zero-order valence-electron chi connectivity index (χ0n) is 9.87. The molecule has 0 radical (unpaired) electrons. The highest BCUT2D eigenvalue weighted by Crippen LogP contribution is 2.23. The van der Waals surface area contributed by atoms with Crippen molar-refractivity contribution in [3.8, 4) is 11.8 Å². The molecule has 0 fully saturated rings. The summed E-state index contributed by atoms with van der Waals surface area (Å²) in [5.41, 5.74) is -0.631. The number of methoxy groups -OCH3 is 1. The Morgan fingerprint density at radius 2 is 2.18 bits per heavy atom. The van der Waals surface area contributed by atoms with Crippen molar-refractivity contribution < 1.29 is 9.53 Å². The van der Waals surface area contributed by atoms with Crippen molar-refractivity contribution in [1.82, 2.24) is 5.32 Å². The van der Waals surface area contributed by atoms with E-state index >= 15 is 0 Å². The van der Waals surface area contributed by atoms with E-state index < -0.39 is 11.4 Å². The van der Waals surface area contributed by atoms with E-state index in [4.69, 9.17) is 21.6 Å². The lowest BCUT2D eigenvalue weighted by atomic mass is 10.1. The monoisotopic (exact) mass is 252 g/mol. The molecule has 1 aromatic carbocycles. The largest absolute Gasteiger partial charge is 0.496 e. The highest BCUT2D eigenvalue weighted by molar-refractivity contribution is 6.31. The molecular weight excluding hydrogens is 240 g/mol. The number of halogens is 1. The van der Waals surface area contributed by atoms with Gasteiger partial charge in [-0.15, -0.1) is 0 Å². The number of rotatable bonds is 3. The van der Waals surface area contributed by atoms with Crippen molar-refractivity contribution in [3.63, 3.8) is 0 Å². The molecule has 1 N–H and O–H groups in total. The number of nitrogens with one attached hydrogen (secondary N) is 1. The van der Waals surface area contributed by atoms with E-state index in [0.717, 1.165) is 0 Å². The van der Waals surface area contributed by atoms with E-state index in [1.54, 1.807) is 26.0 Å². The average molecular weight is 253 g/mol. The van der Waals surface area contributed by atoms with Gasteiger partial charge in [0.05, 0.1) is 18.7 Å². The van der Waals surface area contributed by atoms with Crippen LogP contribution < -0.4 is 10.1 Å². The van der Waals surface area contributed by atoms with E-state index in [1.807, 2.05) is 6.07 Å². The van der Waals surface area contributed by atoms with E-state index in [-0.39, 0.29) is 0 Å². The highest BCUT2D eigenvalue weighted by atomic mass is 35.5. The second-order valence-electron chi connectivity index (χ2n) is 4.04. The summed E-state index contributed by atoms with van der Waals surface area (Å²) in [5, 5.41) is 11.9. The molecule has 0 atom stereocenters. The second kappa shape index (κ2) is 5.07. The van der Waals surface area contributed by atoms with Gasteiger partial charge >= 0.3 is 0 Å². The quantitative estimate of drug-likeness (QED) is 0.898. The molecule has 0 heterocycles. The summed E-state index contributed by atoms with van der Waals surface area (Å²) < 4.78 is 5.07.